The monoisotopic (exact) mass is 376 g/mol. The third kappa shape index (κ3) is 5.24. The highest BCUT2D eigenvalue weighted by molar-refractivity contribution is 7.99. The summed E-state index contributed by atoms with van der Waals surface area (Å²) in [5.41, 5.74) is 1.24. The van der Waals surface area contributed by atoms with Crippen LogP contribution in [0.2, 0.25) is 0 Å². The molecule has 0 radical (unpaired) electrons. The van der Waals surface area contributed by atoms with Crippen LogP contribution >= 0.6 is 11.8 Å². The molecule has 1 aliphatic carbocycles. The van der Waals surface area contributed by atoms with E-state index in [1.54, 1.807) is 18.9 Å². The molecule has 1 aromatic carbocycles. The molecule has 1 heterocycles. The maximum atomic E-state index is 12.3. The van der Waals surface area contributed by atoms with Crippen LogP contribution in [-0.2, 0) is 20.1 Å². The fourth-order valence-electron chi connectivity index (χ4n) is 4.21. The molecule has 142 valence electrons. The first-order valence-corrected chi connectivity index (χ1v) is 10.5. The molecule has 2 aliphatic rings. The van der Waals surface area contributed by atoms with Crippen molar-refractivity contribution in [2.75, 3.05) is 19.5 Å². The third-order valence-corrected chi connectivity index (χ3v) is 6.40. The molecule has 26 heavy (non-hydrogen) atoms. The molecule has 1 saturated heterocycles. The Labute approximate surface area is 159 Å². The number of hydrogen-bond acceptors (Lipinski definition) is 4. The van der Waals surface area contributed by atoms with Gasteiger partial charge in [-0.2, -0.15) is 0 Å². The number of hydrogen-bond donors (Lipinski definition) is 2. The van der Waals surface area contributed by atoms with Crippen LogP contribution in [-0.4, -0.2) is 43.4 Å². The fraction of sp³-hybridized carbons (Fsp3) is 0.600. The molecule has 0 spiro atoms. The minimum absolute atomic E-state index is 0.0879. The number of thioether (sulfide) groups is 1. The number of fused-ring (bicyclic) bond motifs is 1. The number of piperidine rings is 1. The maximum Gasteiger partial charge on any atom is 0.230 e. The summed E-state index contributed by atoms with van der Waals surface area (Å²) in [5.74, 6) is 2.28. The number of methoxy groups -OCH3 is 1. The van der Waals surface area contributed by atoms with E-state index in [1.807, 2.05) is 18.2 Å². The van der Waals surface area contributed by atoms with Crippen LogP contribution in [0.5, 0.6) is 0 Å². The largest absolute Gasteiger partial charge is 0.384 e. The molecule has 4 unspecified atom stereocenters. The Hall–Kier alpha value is -1.53. The predicted molar refractivity (Wildman–Crippen MR) is 104 cm³/mol. The topological polar surface area (TPSA) is 67.4 Å². The summed E-state index contributed by atoms with van der Waals surface area (Å²) in [6, 6.07) is 10.5. The highest BCUT2D eigenvalue weighted by Gasteiger charge is 2.40. The molecule has 1 aliphatic heterocycles. The SMILES string of the molecule is COCC1CC(=O)NC2CC(NC(=O)CSCc3ccccc3)CCC12. The van der Waals surface area contributed by atoms with Gasteiger partial charge in [0.05, 0.1) is 5.75 Å². The van der Waals surface area contributed by atoms with Gasteiger partial charge in [-0.15, -0.1) is 11.8 Å². The van der Waals surface area contributed by atoms with Crippen molar-refractivity contribution in [3.63, 3.8) is 0 Å². The van der Waals surface area contributed by atoms with Crippen molar-refractivity contribution in [3.8, 4) is 0 Å². The van der Waals surface area contributed by atoms with E-state index in [0.717, 1.165) is 25.0 Å². The van der Waals surface area contributed by atoms with E-state index in [4.69, 9.17) is 4.74 Å². The molecule has 6 heteroatoms. The van der Waals surface area contributed by atoms with Gasteiger partial charge in [-0.05, 0) is 36.7 Å². The highest BCUT2D eigenvalue weighted by Crippen LogP contribution is 2.35. The summed E-state index contributed by atoms with van der Waals surface area (Å²) in [4.78, 5) is 24.2. The van der Waals surface area contributed by atoms with Gasteiger partial charge in [0.2, 0.25) is 11.8 Å². The zero-order chi connectivity index (χ0) is 18.4. The molecule has 1 saturated carbocycles. The second-order valence-electron chi connectivity index (χ2n) is 7.31. The zero-order valence-electron chi connectivity index (χ0n) is 15.3. The summed E-state index contributed by atoms with van der Waals surface area (Å²) < 4.78 is 5.30. The van der Waals surface area contributed by atoms with Crippen molar-refractivity contribution >= 4 is 23.6 Å². The Bertz CT molecular complexity index is 610. The minimum atomic E-state index is 0.0879. The summed E-state index contributed by atoms with van der Waals surface area (Å²) >= 11 is 1.63. The second kappa shape index (κ2) is 9.42. The minimum Gasteiger partial charge on any atom is -0.384 e. The van der Waals surface area contributed by atoms with Gasteiger partial charge in [-0.1, -0.05) is 30.3 Å². The van der Waals surface area contributed by atoms with Gasteiger partial charge in [0.25, 0.3) is 0 Å². The smallest absolute Gasteiger partial charge is 0.230 e. The first-order chi connectivity index (χ1) is 12.7. The van der Waals surface area contributed by atoms with Gasteiger partial charge < -0.3 is 15.4 Å². The predicted octanol–water partition coefficient (Wildman–Crippen LogP) is 2.36. The van der Waals surface area contributed by atoms with Gasteiger partial charge in [-0.25, -0.2) is 0 Å². The third-order valence-electron chi connectivity index (χ3n) is 5.39. The van der Waals surface area contributed by atoms with Crippen LogP contribution in [0.25, 0.3) is 0 Å². The molecule has 3 rings (SSSR count). The maximum absolute atomic E-state index is 12.3. The number of carbonyl (C=O) groups excluding carboxylic acids is 2. The number of ether oxygens (including phenoxy) is 1. The number of amides is 2. The zero-order valence-corrected chi connectivity index (χ0v) is 16.1. The molecule has 4 atom stereocenters. The molecule has 0 aromatic heterocycles. The number of carbonyl (C=O) groups is 2. The first kappa shape index (κ1) is 19.2. The Morgan fingerprint density at radius 3 is 2.88 bits per heavy atom. The standard InChI is InChI=1S/C20H28N2O3S/c1-25-11-15-9-19(23)22-18-10-16(7-8-17(15)18)21-20(24)13-26-12-14-5-3-2-4-6-14/h2-6,15-18H,7-13H2,1H3,(H,21,24)(H,22,23). The summed E-state index contributed by atoms with van der Waals surface area (Å²) in [6.45, 7) is 0.641. The van der Waals surface area contributed by atoms with Crippen LogP contribution < -0.4 is 10.6 Å². The lowest BCUT2D eigenvalue weighted by atomic mass is 9.71. The van der Waals surface area contributed by atoms with E-state index < -0.39 is 0 Å². The molecule has 5 nitrogen and oxygen atoms in total. The molecule has 0 bridgehead atoms. The van der Waals surface area contributed by atoms with Crippen molar-refractivity contribution in [3.05, 3.63) is 35.9 Å². The van der Waals surface area contributed by atoms with Crippen LogP contribution in [0.1, 0.15) is 31.2 Å². The quantitative estimate of drug-likeness (QED) is 0.767. The van der Waals surface area contributed by atoms with Crippen molar-refractivity contribution in [1.29, 1.82) is 0 Å². The number of nitrogens with one attached hydrogen (secondary N) is 2. The summed E-state index contributed by atoms with van der Waals surface area (Å²) in [7, 11) is 1.69. The van der Waals surface area contributed by atoms with E-state index >= 15 is 0 Å². The first-order valence-electron chi connectivity index (χ1n) is 9.35. The van der Waals surface area contributed by atoms with E-state index in [9.17, 15) is 9.59 Å². The van der Waals surface area contributed by atoms with Gasteiger partial charge in [0.15, 0.2) is 0 Å². The average molecular weight is 377 g/mol. The van der Waals surface area contributed by atoms with Gasteiger partial charge in [0, 0.05) is 38.0 Å². The van der Waals surface area contributed by atoms with E-state index in [1.165, 1.54) is 5.56 Å². The Balaban J connectivity index is 1.43. The van der Waals surface area contributed by atoms with Gasteiger partial charge in [0.1, 0.15) is 0 Å². The Kier molecular flexibility index (Phi) is 6.97. The normalized spacial score (nSPS) is 28.1. The fourth-order valence-corrected chi connectivity index (χ4v) is 5.01. The lowest BCUT2D eigenvalue weighted by Gasteiger charge is -2.43. The molecular formula is C20H28N2O3S. The summed E-state index contributed by atoms with van der Waals surface area (Å²) in [5, 5.41) is 6.28. The van der Waals surface area contributed by atoms with Crippen molar-refractivity contribution < 1.29 is 14.3 Å². The lowest BCUT2D eigenvalue weighted by molar-refractivity contribution is -0.128. The molecule has 1 aromatic rings. The average Bonchev–Trinajstić information content (AvgIpc) is 2.62. The van der Waals surface area contributed by atoms with E-state index in [0.29, 0.717) is 30.6 Å². The van der Waals surface area contributed by atoms with Crippen molar-refractivity contribution in [1.82, 2.24) is 10.6 Å². The molecule has 2 N–H and O–H groups in total. The second-order valence-corrected chi connectivity index (χ2v) is 8.30. The van der Waals surface area contributed by atoms with E-state index in [-0.39, 0.29) is 23.9 Å². The van der Waals surface area contributed by atoms with Crippen molar-refractivity contribution in [2.24, 2.45) is 11.8 Å². The van der Waals surface area contributed by atoms with Gasteiger partial charge in [-0.3, -0.25) is 9.59 Å². The molecule has 2 amide bonds. The Morgan fingerprint density at radius 2 is 2.12 bits per heavy atom. The highest BCUT2D eigenvalue weighted by atomic mass is 32.2. The van der Waals surface area contributed by atoms with Crippen LogP contribution in [0.15, 0.2) is 30.3 Å². The van der Waals surface area contributed by atoms with Crippen LogP contribution in [0.4, 0.5) is 0 Å². The van der Waals surface area contributed by atoms with Crippen LogP contribution in [0, 0.1) is 11.8 Å². The van der Waals surface area contributed by atoms with Gasteiger partial charge >= 0.3 is 0 Å². The number of rotatable bonds is 7. The van der Waals surface area contributed by atoms with Crippen LogP contribution in [0.3, 0.4) is 0 Å². The van der Waals surface area contributed by atoms with Crippen molar-refractivity contribution in [2.45, 2.75) is 43.5 Å². The lowest BCUT2D eigenvalue weighted by Crippen LogP contribution is -2.56. The Morgan fingerprint density at radius 1 is 1.31 bits per heavy atom. The molecule has 2 fully saturated rings. The molecular weight excluding hydrogens is 348 g/mol. The number of benzene rings is 1. The summed E-state index contributed by atoms with van der Waals surface area (Å²) in [6.07, 6.45) is 3.39. The van der Waals surface area contributed by atoms with E-state index in [2.05, 4.69) is 22.8 Å².